The molecule has 0 fully saturated rings. The van der Waals surface area contributed by atoms with Crippen molar-refractivity contribution in [2.75, 3.05) is 20.1 Å². The zero-order valence-corrected chi connectivity index (χ0v) is 19.5. The largest absolute Gasteiger partial charge is 0.486 e. The van der Waals surface area contributed by atoms with E-state index in [0.29, 0.717) is 18.4 Å². The van der Waals surface area contributed by atoms with Gasteiger partial charge in [0.2, 0.25) is 0 Å². The average Bonchev–Trinajstić information content (AvgIpc) is 2.94. The molecule has 6 nitrogen and oxygen atoms in total. The van der Waals surface area contributed by atoms with Gasteiger partial charge in [0, 0.05) is 25.8 Å². The Bertz CT molecular complexity index is 765. The number of guanidine groups is 1. The zero-order valence-electron chi connectivity index (χ0n) is 17.2. The van der Waals surface area contributed by atoms with Crippen LogP contribution in [0.2, 0.25) is 0 Å². The third-order valence-corrected chi connectivity index (χ3v) is 4.15. The molecule has 1 aromatic heterocycles. The van der Waals surface area contributed by atoms with Crippen LogP contribution in [0.1, 0.15) is 25.2 Å². The monoisotopic (exact) mass is 503 g/mol. The quantitative estimate of drug-likeness (QED) is 0.329. The summed E-state index contributed by atoms with van der Waals surface area (Å²) in [5.74, 6) is 0.978. The first-order valence-corrected chi connectivity index (χ1v) is 9.25. The van der Waals surface area contributed by atoms with Gasteiger partial charge < -0.3 is 15.4 Å². The maximum atomic E-state index is 13.6. The molecule has 8 heteroatoms. The van der Waals surface area contributed by atoms with E-state index in [2.05, 4.69) is 40.6 Å². The summed E-state index contributed by atoms with van der Waals surface area (Å²) in [5.41, 5.74) is 2.20. The van der Waals surface area contributed by atoms with Gasteiger partial charge in [-0.3, -0.25) is 9.67 Å². The molecule has 0 aliphatic heterocycles. The first kappa shape index (κ1) is 24.2. The SMILES string of the molecule is CN=C(NCC(C)Cn1nc(C)cc1C)NCC(C)Oc1ccccc1F.I. The highest BCUT2D eigenvalue weighted by Gasteiger charge is 2.11. The molecule has 0 radical (unpaired) electrons. The van der Waals surface area contributed by atoms with Crippen molar-refractivity contribution in [3.63, 3.8) is 0 Å². The van der Waals surface area contributed by atoms with Gasteiger partial charge in [-0.25, -0.2) is 4.39 Å². The lowest BCUT2D eigenvalue weighted by molar-refractivity contribution is 0.214. The predicted octanol–water partition coefficient (Wildman–Crippen LogP) is 3.53. The predicted molar refractivity (Wildman–Crippen MR) is 122 cm³/mol. The third-order valence-electron chi connectivity index (χ3n) is 4.15. The van der Waals surface area contributed by atoms with Crippen LogP contribution in [-0.4, -0.2) is 42.0 Å². The molecule has 0 saturated heterocycles. The van der Waals surface area contributed by atoms with Crippen molar-refractivity contribution < 1.29 is 9.13 Å². The third kappa shape index (κ3) is 7.65. The van der Waals surface area contributed by atoms with Gasteiger partial charge in [-0.15, -0.1) is 24.0 Å². The van der Waals surface area contributed by atoms with Gasteiger partial charge in [0.05, 0.1) is 12.2 Å². The summed E-state index contributed by atoms with van der Waals surface area (Å²) in [6, 6.07) is 8.49. The van der Waals surface area contributed by atoms with E-state index in [4.69, 9.17) is 4.74 Å². The number of aryl methyl sites for hydroxylation is 2. The molecule has 2 unspecified atom stereocenters. The van der Waals surface area contributed by atoms with Crippen LogP contribution >= 0.6 is 24.0 Å². The van der Waals surface area contributed by atoms with E-state index in [0.717, 1.165) is 18.8 Å². The van der Waals surface area contributed by atoms with E-state index in [1.807, 2.05) is 18.5 Å². The molecule has 0 spiro atoms. The topological polar surface area (TPSA) is 63.5 Å². The number of hydrogen-bond donors (Lipinski definition) is 2. The molecule has 2 rings (SSSR count). The van der Waals surface area contributed by atoms with Gasteiger partial charge in [0.25, 0.3) is 0 Å². The maximum absolute atomic E-state index is 13.6. The Labute approximate surface area is 184 Å². The van der Waals surface area contributed by atoms with Crippen molar-refractivity contribution in [3.8, 4) is 5.75 Å². The Kier molecular flexibility index (Phi) is 10.3. The van der Waals surface area contributed by atoms with Crippen molar-refractivity contribution in [2.24, 2.45) is 10.9 Å². The number of hydrogen-bond acceptors (Lipinski definition) is 3. The second-order valence-electron chi connectivity index (χ2n) is 6.91. The van der Waals surface area contributed by atoms with Crippen molar-refractivity contribution in [1.82, 2.24) is 20.4 Å². The maximum Gasteiger partial charge on any atom is 0.191 e. The fraction of sp³-hybridized carbons (Fsp3) is 0.500. The molecule has 1 heterocycles. The van der Waals surface area contributed by atoms with Crippen LogP contribution in [0.25, 0.3) is 0 Å². The van der Waals surface area contributed by atoms with Crippen LogP contribution in [0.4, 0.5) is 4.39 Å². The van der Waals surface area contributed by atoms with Crippen LogP contribution in [0.5, 0.6) is 5.75 Å². The summed E-state index contributed by atoms with van der Waals surface area (Å²) in [4.78, 5) is 4.23. The lowest BCUT2D eigenvalue weighted by atomic mass is 10.2. The number of rotatable bonds is 8. The first-order valence-electron chi connectivity index (χ1n) is 9.25. The number of aliphatic imine (C=N–C) groups is 1. The molecule has 2 aromatic rings. The Hall–Kier alpha value is -1.84. The summed E-state index contributed by atoms with van der Waals surface area (Å²) in [6.07, 6.45) is -0.201. The number of benzene rings is 1. The van der Waals surface area contributed by atoms with Crippen LogP contribution in [0.15, 0.2) is 35.3 Å². The molecule has 156 valence electrons. The summed E-state index contributed by atoms with van der Waals surface area (Å²) >= 11 is 0. The normalized spacial score (nSPS) is 13.4. The summed E-state index contributed by atoms with van der Waals surface area (Å²) in [7, 11) is 1.73. The van der Waals surface area contributed by atoms with Crippen LogP contribution in [0.3, 0.4) is 0 Å². The van der Waals surface area contributed by atoms with Crippen molar-refractivity contribution >= 4 is 29.9 Å². The highest BCUT2D eigenvalue weighted by molar-refractivity contribution is 14.0. The average molecular weight is 503 g/mol. The lowest BCUT2D eigenvalue weighted by Gasteiger charge is -2.19. The number of ether oxygens (including phenoxy) is 1. The van der Waals surface area contributed by atoms with E-state index in [9.17, 15) is 4.39 Å². The molecule has 0 saturated carbocycles. The van der Waals surface area contributed by atoms with E-state index in [1.165, 1.54) is 11.8 Å². The first-order chi connectivity index (χ1) is 12.9. The molecule has 1 aromatic carbocycles. The molecule has 2 N–H and O–H groups in total. The zero-order chi connectivity index (χ0) is 19.8. The minimum atomic E-state index is -0.357. The van der Waals surface area contributed by atoms with Gasteiger partial charge in [0.15, 0.2) is 17.5 Å². The molecule has 2 atom stereocenters. The molecular weight excluding hydrogens is 472 g/mol. The Morgan fingerprint density at radius 1 is 1.21 bits per heavy atom. The van der Waals surface area contributed by atoms with Gasteiger partial charge in [-0.05, 0) is 44.9 Å². The van der Waals surface area contributed by atoms with E-state index >= 15 is 0 Å². The van der Waals surface area contributed by atoms with Crippen LogP contribution < -0.4 is 15.4 Å². The number of nitrogens with zero attached hydrogens (tertiary/aromatic N) is 3. The van der Waals surface area contributed by atoms with Gasteiger partial charge >= 0.3 is 0 Å². The fourth-order valence-electron chi connectivity index (χ4n) is 2.75. The number of nitrogens with one attached hydrogen (secondary N) is 2. The van der Waals surface area contributed by atoms with E-state index < -0.39 is 0 Å². The summed E-state index contributed by atoms with van der Waals surface area (Å²) in [5, 5.41) is 11.0. The van der Waals surface area contributed by atoms with Gasteiger partial charge in [0.1, 0.15) is 6.10 Å². The van der Waals surface area contributed by atoms with Gasteiger partial charge in [-0.1, -0.05) is 19.1 Å². The second kappa shape index (κ2) is 11.9. The fourth-order valence-corrected chi connectivity index (χ4v) is 2.75. The molecule has 0 amide bonds. The molecule has 0 bridgehead atoms. The standard InChI is InChI=1S/C20H30FN5O.HI/c1-14(13-26-16(3)10-15(2)25-26)11-23-20(22-5)24-12-17(4)27-19-9-7-6-8-18(19)21;/h6-10,14,17H,11-13H2,1-5H3,(H2,22,23,24);1H. The minimum absolute atomic E-state index is 0. The molecular formula is C20H31FIN5O. The summed E-state index contributed by atoms with van der Waals surface area (Å²) < 4.78 is 21.3. The smallest absolute Gasteiger partial charge is 0.191 e. The van der Waals surface area contributed by atoms with Crippen molar-refractivity contribution in [3.05, 3.63) is 47.5 Å². The Morgan fingerprint density at radius 2 is 1.89 bits per heavy atom. The highest BCUT2D eigenvalue weighted by atomic mass is 127. The molecule has 0 aliphatic carbocycles. The lowest BCUT2D eigenvalue weighted by Crippen LogP contribution is -2.43. The van der Waals surface area contributed by atoms with Crippen LogP contribution in [-0.2, 0) is 6.54 Å². The van der Waals surface area contributed by atoms with Crippen molar-refractivity contribution in [1.29, 1.82) is 0 Å². The van der Waals surface area contributed by atoms with E-state index in [1.54, 1.807) is 25.2 Å². The molecule has 28 heavy (non-hydrogen) atoms. The van der Waals surface area contributed by atoms with Gasteiger partial charge in [-0.2, -0.15) is 5.10 Å². The minimum Gasteiger partial charge on any atom is -0.486 e. The molecule has 0 aliphatic rings. The number of aromatic nitrogens is 2. The summed E-state index contributed by atoms with van der Waals surface area (Å²) in [6.45, 7) is 10.2. The second-order valence-corrected chi connectivity index (χ2v) is 6.91. The number of halogens is 2. The number of para-hydroxylation sites is 1. The Balaban J connectivity index is 0.00000392. The highest BCUT2D eigenvalue weighted by Crippen LogP contribution is 2.16. The van der Waals surface area contributed by atoms with Crippen LogP contribution in [0, 0.1) is 25.6 Å². The van der Waals surface area contributed by atoms with Crippen molar-refractivity contribution in [2.45, 2.75) is 40.3 Å². The van der Waals surface area contributed by atoms with E-state index in [-0.39, 0.29) is 41.6 Å². The Morgan fingerprint density at radius 3 is 2.50 bits per heavy atom.